The summed E-state index contributed by atoms with van der Waals surface area (Å²) in [4.78, 5) is 0. The minimum atomic E-state index is -3.17. The van der Waals surface area contributed by atoms with E-state index in [0.29, 0.717) is 19.0 Å². The average molecular weight is 248 g/mol. The van der Waals surface area contributed by atoms with Crippen molar-refractivity contribution in [2.24, 2.45) is 17.1 Å². The summed E-state index contributed by atoms with van der Waals surface area (Å²) < 4.78 is 25.8. The van der Waals surface area contributed by atoms with Gasteiger partial charge in [-0.15, -0.1) is 0 Å². The van der Waals surface area contributed by atoms with E-state index in [9.17, 15) is 8.42 Å². The molecule has 1 fully saturated rings. The maximum absolute atomic E-state index is 12.1. The minimum absolute atomic E-state index is 0.177. The molecule has 1 aliphatic rings. The van der Waals surface area contributed by atoms with Crippen LogP contribution in [0.25, 0.3) is 0 Å². The Morgan fingerprint density at radius 1 is 1.44 bits per heavy atom. The molecule has 2 unspecified atom stereocenters. The SMILES string of the molecule is CC(CN)S(=O)(=O)N1CCC(C(C)(C)C)C1. The van der Waals surface area contributed by atoms with Gasteiger partial charge in [-0.25, -0.2) is 12.7 Å². The fraction of sp³-hybridized carbons (Fsp3) is 1.00. The lowest BCUT2D eigenvalue weighted by Gasteiger charge is -2.27. The maximum atomic E-state index is 12.1. The maximum Gasteiger partial charge on any atom is 0.217 e. The molecule has 1 aliphatic heterocycles. The van der Waals surface area contributed by atoms with Gasteiger partial charge in [0.2, 0.25) is 10.0 Å². The van der Waals surface area contributed by atoms with E-state index < -0.39 is 15.3 Å². The van der Waals surface area contributed by atoms with Gasteiger partial charge in [0.15, 0.2) is 0 Å². The Labute approximate surface area is 99.2 Å². The van der Waals surface area contributed by atoms with Crippen LogP contribution >= 0.6 is 0 Å². The fourth-order valence-electron chi connectivity index (χ4n) is 2.04. The molecule has 5 heteroatoms. The van der Waals surface area contributed by atoms with Crippen LogP contribution in [-0.2, 0) is 10.0 Å². The Morgan fingerprint density at radius 3 is 2.38 bits per heavy atom. The van der Waals surface area contributed by atoms with Crippen molar-refractivity contribution in [1.29, 1.82) is 0 Å². The molecule has 0 spiro atoms. The Bertz CT molecular complexity index is 332. The van der Waals surface area contributed by atoms with Crippen molar-refractivity contribution in [1.82, 2.24) is 4.31 Å². The monoisotopic (exact) mass is 248 g/mol. The first kappa shape index (κ1) is 13.9. The second-order valence-corrected chi connectivity index (χ2v) is 8.15. The summed E-state index contributed by atoms with van der Waals surface area (Å²) in [5.74, 6) is 0.451. The molecule has 0 amide bonds. The molecular formula is C11H24N2O2S. The van der Waals surface area contributed by atoms with Gasteiger partial charge in [-0.1, -0.05) is 20.8 Å². The van der Waals surface area contributed by atoms with E-state index in [1.54, 1.807) is 11.2 Å². The zero-order valence-electron chi connectivity index (χ0n) is 10.7. The van der Waals surface area contributed by atoms with Crippen LogP contribution in [0.1, 0.15) is 34.1 Å². The van der Waals surface area contributed by atoms with Crippen LogP contribution in [0.15, 0.2) is 0 Å². The van der Waals surface area contributed by atoms with Crippen LogP contribution in [-0.4, -0.2) is 37.6 Å². The number of sulfonamides is 1. The molecule has 1 heterocycles. The summed E-state index contributed by atoms with van der Waals surface area (Å²) in [7, 11) is -3.17. The van der Waals surface area contributed by atoms with E-state index in [4.69, 9.17) is 5.73 Å². The van der Waals surface area contributed by atoms with Crippen molar-refractivity contribution < 1.29 is 8.42 Å². The van der Waals surface area contributed by atoms with Gasteiger partial charge in [0.25, 0.3) is 0 Å². The standard InChI is InChI=1S/C11H24N2O2S/c1-9(7-12)16(14,15)13-6-5-10(8-13)11(2,3)4/h9-10H,5-8,12H2,1-4H3. The molecule has 96 valence electrons. The molecule has 0 radical (unpaired) electrons. The number of nitrogens with two attached hydrogens (primary N) is 1. The number of nitrogens with zero attached hydrogens (tertiary/aromatic N) is 1. The summed E-state index contributed by atoms with van der Waals surface area (Å²) in [5.41, 5.74) is 5.62. The van der Waals surface area contributed by atoms with Crippen molar-refractivity contribution in [2.45, 2.75) is 39.4 Å². The molecule has 0 saturated carbocycles. The number of hydrogen-bond donors (Lipinski definition) is 1. The Balaban J connectivity index is 2.74. The predicted molar refractivity (Wildman–Crippen MR) is 66.6 cm³/mol. The van der Waals surface area contributed by atoms with Crippen LogP contribution in [0.5, 0.6) is 0 Å². The zero-order valence-corrected chi connectivity index (χ0v) is 11.5. The second-order valence-electron chi connectivity index (χ2n) is 5.80. The molecule has 1 saturated heterocycles. The van der Waals surface area contributed by atoms with Gasteiger partial charge < -0.3 is 5.73 Å². The van der Waals surface area contributed by atoms with Crippen LogP contribution in [0.2, 0.25) is 0 Å². The molecule has 0 aromatic carbocycles. The summed E-state index contributed by atoms with van der Waals surface area (Å²) in [6.45, 7) is 9.67. The summed E-state index contributed by atoms with van der Waals surface area (Å²) in [6, 6.07) is 0. The van der Waals surface area contributed by atoms with E-state index in [1.807, 2.05) is 0 Å². The normalized spacial score (nSPS) is 25.9. The molecule has 0 aliphatic carbocycles. The van der Waals surface area contributed by atoms with Gasteiger partial charge in [0.05, 0.1) is 5.25 Å². The molecule has 2 atom stereocenters. The first-order chi connectivity index (χ1) is 7.19. The van der Waals surface area contributed by atoms with Gasteiger partial charge in [-0.3, -0.25) is 0 Å². The minimum Gasteiger partial charge on any atom is -0.329 e. The third-order valence-electron chi connectivity index (χ3n) is 3.58. The zero-order chi connectivity index (χ0) is 12.6. The lowest BCUT2D eigenvalue weighted by molar-refractivity contribution is 0.251. The molecule has 2 N–H and O–H groups in total. The number of rotatable bonds is 3. The highest BCUT2D eigenvalue weighted by Crippen LogP contribution is 2.35. The lowest BCUT2D eigenvalue weighted by Crippen LogP contribution is -2.40. The van der Waals surface area contributed by atoms with Crippen molar-refractivity contribution in [3.8, 4) is 0 Å². The van der Waals surface area contributed by atoms with Gasteiger partial charge in [0, 0.05) is 19.6 Å². The first-order valence-electron chi connectivity index (χ1n) is 5.88. The average Bonchev–Trinajstić information content (AvgIpc) is 2.64. The molecule has 0 aromatic rings. The molecule has 1 rings (SSSR count). The molecule has 0 bridgehead atoms. The van der Waals surface area contributed by atoms with Crippen molar-refractivity contribution in [2.75, 3.05) is 19.6 Å². The van der Waals surface area contributed by atoms with Crippen molar-refractivity contribution in [3.63, 3.8) is 0 Å². The molecule has 4 nitrogen and oxygen atoms in total. The highest BCUT2D eigenvalue weighted by molar-refractivity contribution is 7.89. The van der Waals surface area contributed by atoms with Gasteiger partial charge in [-0.2, -0.15) is 0 Å². The van der Waals surface area contributed by atoms with Crippen molar-refractivity contribution in [3.05, 3.63) is 0 Å². The molecule has 16 heavy (non-hydrogen) atoms. The lowest BCUT2D eigenvalue weighted by atomic mass is 9.80. The molecular weight excluding hydrogens is 224 g/mol. The quantitative estimate of drug-likeness (QED) is 0.811. The molecule has 0 aromatic heterocycles. The Hall–Kier alpha value is -0.130. The third kappa shape index (κ3) is 2.76. The van der Waals surface area contributed by atoms with E-state index in [-0.39, 0.29) is 12.0 Å². The van der Waals surface area contributed by atoms with E-state index in [2.05, 4.69) is 20.8 Å². The van der Waals surface area contributed by atoms with E-state index >= 15 is 0 Å². The van der Waals surface area contributed by atoms with Crippen LogP contribution in [0.3, 0.4) is 0 Å². The summed E-state index contributed by atoms with van der Waals surface area (Å²) in [5, 5.41) is -0.466. The van der Waals surface area contributed by atoms with E-state index in [1.165, 1.54) is 0 Å². The third-order valence-corrected chi connectivity index (χ3v) is 5.84. The Kier molecular flexibility index (Phi) is 4.03. The van der Waals surface area contributed by atoms with Crippen LogP contribution in [0.4, 0.5) is 0 Å². The highest BCUT2D eigenvalue weighted by atomic mass is 32.2. The predicted octanol–water partition coefficient (Wildman–Crippen LogP) is 1.03. The van der Waals surface area contributed by atoms with Crippen molar-refractivity contribution >= 4 is 10.0 Å². The van der Waals surface area contributed by atoms with Gasteiger partial charge >= 0.3 is 0 Å². The van der Waals surface area contributed by atoms with Gasteiger partial charge in [0.1, 0.15) is 0 Å². The van der Waals surface area contributed by atoms with Gasteiger partial charge in [-0.05, 0) is 24.7 Å². The second kappa shape index (κ2) is 4.63. The fourth-order valence-corrected chi connectivity index (χ4v) is 3.54. The first-order valence-corrected chi connectivity index (χ1v) is 7.39. The largest absolute Gasteiger partial charge is 0.329 e. The van der Waals surface area contributed by atoms with E-state index in [0.717, 1.165) is 6.42 Å². The summed E-state index contributed by atoms with van der Waals surface area (Å²) >= 11 is 0. The summed E-state index contributed by atoms with van der Waals surface area (Å²) in [6.07, 6.45) is 0.958. The highest BCUT2D eigenvalue weighted by Gasteiger charge is 2.38. The number of hydrogen-bond acceptors (Lipinski definition) is 3. The van der Waals surface area contributed by atoms with Crippen LogP contribution < -0.4 is 5.73 Å². The Morgan fingerprint density at radius 2 is 2.00 bits per heavy atom. The topological polar surface area (TPSA) is 63.4 Å². The van der Waals surface area contributed by atoms with Crippen LogP contribution in [0, 0.1) is 11.3 Å². The smallest absolute Gasteiger partial charge is 0.217 e.